The Labute approximate surface area is 144 Å². The zero-order valence-corrected chi connectivity index (χ0v) is 13.8. The van der Waals surface area contributed by atoms with Crippen LogP contribution in [-0.2, 0) is 0 Å². The number of halogens is 1. The number of anilines is 1. The monoisotopic (exact) mass is 338 g/mol. The van der Waals surface area contributed by atoms with Crippen LogP contribution in [0.1, 0.15) is 12.5 Å². The number of aromatic hydroxyl groups is 1. The third kappa shape index (κ3) is 2.36. The van der Waals surface area contributed by atoms with Gasteiger partial charge in [-0.2, -0.15) is 0 Å². The minimum atomic E-state index is -0.0545. The molecule has 0 radical (unpaired) electrons. The molecule has 1 heterocycles. The van der Waals surface area contributed by atoms with E-state index in [1.807, 2.05) is 31.2 Å². The van der Waals surface area contributed by atoms with Gasteiger partial charge >= 0.3 is 0 Å². The average Bonchev–Trinajstić information content (AvgIpc) is 2.59. The molecule has 0 fully saturated rings. The molecule has 0 amide bonds. The Hall–Kier alpha value is -2.72. The van der Waals surface area contributed by atoms with E-state index < -0.39 is 0 Å². The largest absolute Gasteiger partial charge is 0.503 e. The second-order valence-electron chi connectivity index (χ2n) is 5.50. The molecule has 0 atom stereocenters. The fourth-order valence-electron chi connectivity index (χ4n) is 2.91. The molecule has 0 saturated carbocycles. The number of ether oxygens (including phenoxy) is 1. The maximum atomic E-state index is 10.0. The lowest BCUT2D eigenvalue weighted by molar-refractivity contribution is 0.318. The molecular formula is C19H15ClN2O2. The van der Waals surface area contributed by atoms with Crippen LogP contribution in [-0.4, -0.2) is 17.5 Å². The Morgan fingerprint density at radius 2 is 1.96 bits per heavy atom. The number of phenolic OH excluding ortho intramolecular Hbond substituents is 1. The van der Waals surface area contributed by atoms with Crippen molar-refractivity contribution in [1.82, 2.24) is 0 Å². The number of benzene rings is 3. The van der Waals surface area contributed by atoms with Gasteiger partial charge < -0.3 is 15.2 Å². The van der Waals surface area contributed by atoms with E-state index in [0.29, 0.717) is 18.2 Å². The highest BCUT2D eigenvalue weighted by Gasteiger charge is 2.18. The average molecular weight is 339 g/mol. The first kappa shape index (κ1) is 14.8. The first-order valence-electron chi connectivity index (χ1n) is 7.70. The van der Waals surface area contributed by atoms with Crippen molar-refractivity contribution in [3.63, 3.8) is 0 Å². The molecule has 24 heavy (non-hydrogen) atoms. The Morgan fingerprint density at radius 1 is 1.17 bits per heavy atom. The summed E-state index contributed by atoms with van der Waals surface area (Å²) in [4.78, 5) is 4.72. The summed E-state index contributed by atoms with van der Waals surface area (Å²) in [5, 5.41) is 15.8. The van der Waals surface area contributed by atoms with Gasteiger partial charge in [-0.15, -0.1) is 0 Å². The van der Waals surface area contributed by atoms with Gasteiger partial charge in [-0.05, 0) is 36.6 Å². The fraction of sp³-hybridized carbons (Fsp3) is 0.105. The number of nitrogens with one attached hydrogen (secondary N) is 1. The number of rotatable bonds is 3. The zero-order valence-electron chi connectivity index (χ0n) is 13.0. The van der Waals surface area contributed by atoms with Gasteiger partial charge in [0.1, 0.15) is 5.84 Å². The Morgan fingerprint density at radius 3 is 2.75 bits per heavy atom. The predicted molar refractivity (Wildman–Crippen MR) is 98.1 cm³/mol. The molecule has 0 saturated heterocycles. The summed E-state index contributed by atoms with van der Waals surface area (Å²) in [6, 6.07) is 15.6. The Kier molecular flexibility index (Phi) is 3.54. The molecule has 0 bridgehead atoms. The van der Waals surface area contributed by atoms with Gasteiger partial charge in [-0.3, -0.25) is 0 Å². The van der Waals surface area contributed by atoms with E-state index in [1.54, 1.807) is 12.1 Å². The number of nitrogens with zero attached hydrogens (tertiary/aromatic N) is 1. The minimum absolute atomic E-state index is 0.0545. The molecule has 0 spiro atoms. The van der Waals surface area contributed by atoms with Crippen LogP contribution in [0.5, 0.6) is 11.5 Å². The van der Waals surface area contributed by atoms with Crippen LogP contribution >= 0.6 is 11.6 Å². The van der Waals surface area contributed by atoms with Crippen LogP contribution in [0.15, 0.2) is 53.5 Å². The van der Waals surface area contributed by atoms with Gasteiger partial charge in [0, 0.05) is 16.6 Å². The Balaban J connectivity index is 1.87. The van der Waals surface area contributed by atoms with E-state index in [0.717, 1.165) is 27.7 Å². The van der Waals surface area contributed by atoms with Gasteiger partial charge in [0.15, 0.2) is 11.5 Å². The molecule has 1 aliphatic rings. The van der Waals surface area contributed by atoms with E-state index in [4.69, 9.17) is 21.3 Å². The van der Waals surface area contributed by atoms with Crippen LogP contribution in [0, 0.1) is 0 Å². The number of phenols is 1. The fourth-order valence-corrected chi connectivity index (χ4v) is 3.12. The van der Waals surface area contributed by atoms with E-state index in [1.165, 1.54) is 0 Å². The van der Waals surface area contributed by atoms with Gasteiger partial charge in [-0.25, -0.2) is 4.99 Å². The lowest BCUT2D eigenvalue weighted by Gasteiger charge is -2.20. The van der Waals surface area contributed by atoms with Crippen molar-refractivity contribution < 1.29 is 9.84 Å². The van der Waals surface area contributed by atoms with Gasteiger partial charge in [0.25, 0.3) is 0 Å². The first-order chi connectivity index (χ1) is 11.7. The van der Waals surface area contributed by atoms with Crippen molar-refractivity contribution in [3.05, 3.63) is 59.1 Å². The summed E-state index contributed by atoms with van der Waals surface area (Å²) in [5.41, 5.74) is 2.65. The van der Waals surface area contributed by atoms with E-state index in [-0.39, 0.29) is 10.8 Å². The molecule has 0 aliphatic carbocycles. The number of aliphatic imine (C=N–C) groups is 1. The molecule has 3 aromatic carbocycles. The lowest BCUT2D eigenvalue weighted by atomic mass is 10.0. The normalized spacial score (nSPS) is 12.7. The van der Waals surface area contributed by atoms with Crippen molar-refractivity contribution >= 4 is 39.6 Å². The number of hydrogen-bond donors (Lipinski definition) is 2. The van der Waals surface area contributed by atoms with Crippen molar-refractivity contribution in [2.75, 3.05) is 11.9 Å². The van der Waals surface area contributed by atoms with Crippen molar-refractivity contribution in [3.8, 4) is 11.5 Å². The van der Waals surface area contributed by atoms with Crippen LogP contribution in [0.4, 0.5) is 11.4 Å². The summed E-state index contributed by atoms with van der Waals surface area (Å²) in [6.45, 7) is 2.29. The van der Waals surface area contributed by atoms with Crippen LogP contribution in [0.2, 0.25) is 5.02 Å². The SMILES string of the molecule is CCOc1cc(C2=Nc3cccc4cccc(c34)N2)cc(Cl)c1O. The van der Waals surface area contributed by atoms with Crippen molar-refractivity contribution in [1.29, 1.82) is 0 Å². The molecule has 5 heteroatoms. The van der Waals surface area contributed by atoms with Gasteiger partial charge in [0.05, 0.1) is 17.3 Å². The number of hydrogen-bond acceptors (Lipinski definition) is 4. The smallest absolute Gasteiger partial charge is 0.176 e. The highest BCUT2D eigenvalue weighted by atomic mass is 35.5. The molecule has 3 aromatic rings. The molecule has 120 valence electrons. The van der Waals surface area contributed by atoms with Crippen LogP contribution in [0.3, 0.4) is 0 Å². The van der Waals surface area contributed by atoms with Crippen molar-refractivity contribution in [2.24, 2.45) is 4.99 Å². The van der Waals surface area contributed by atoms with Gasteiger partial charge in [0.2, 0.25) is 0 Å². The van der Waals surface area contributed by atoms with Crippen LogP contribution in [0.25, 0.3) is 10.8 Å². The Bertz CT molecular complexity index is 977. The standard InChI is InChI=1S/C19H15ClN2O2/c1-2-24-16-10-12(9-13(20)18(16)23)19-21-14-7-3-5-11-6-4-8-15(22-19)17(11)14/h3-10,23H,2H2,1H3,(H,21,22). The van der Waals surface area contributed by atoms with Crippen molar-refractivity contribution in [2.45, 2.75) is 6.92 Å². The summed E-state index contributed by atoms with van der Waals surface area (Å²) in [6.07, 6.45) is 0. The van der Waals surface area contributed by atoms with E-state index >= 15 is 0 Å². The lowest BCUT2D eigenvalue weighted by Crippen LogP contribution is -2.16. The summed E-state index contributed by atoms with van der Waals surface area (Å²) in [5.74, 6) is 0.965. The third-order valence-electron chi connectivity index (χ3n) is 3.97. The topological polar surface area (TPSA) is 53.8 Å². The molecule has 2 N–H and O–H groups in total. The molecule has 1 aliphatic heterocycles. The summed E-state index contributed by atoms with van der Waals surface area (Å²) >= 11 is 6.14. The first-order valence-corrected chi connectivity index (χ1v) is 8.08. The van der Waals surface area contributed by atoms with Crippen LogP contribution < -0.4 is 10.1 Å². The highest BCUT2D eigenvalue weighted by Crippen LogP contribution is 2.39. The molecule has 0 unspecified atom stereocenters. The van der Waals surface area contributed by atoms with Gasteiger partial charge in [-0.1, -0.05) is 35.9 Å². The number of amidine groups is 1. The zero-order chi connectivity index (χ0) is 16.7. The summed E-state index contributed by atoms with van der Waals surface area (Å²) < 4.78 is 5.46. The minimum Gasteiger partial charge on any atom is -0.503 e. The second-order valence-corrected chi connectivity index (χ2v) is 5.91. The molecule has 0 aromatic heterocycles. The molecule has 4 rings (SSSR count). The highest BCUT2D eigenvalue weighted by molar-refractivity contribution is 6.33. The molecule has 4 nitrogen and oxygen atoms in total. The third-order valence-corrected chi connectivity index (χ3v) is 4.26. The second kappa shape index (κ2) is 5.73. The van der Waals surface area contributed by atoms with E-state index in [9.17, 15) is 5.11 Å². The molecular weight excluding hydrogens is 324 g/mol. The maximum absolute atomic E-state index is 10.0. The summed E-state index contributed by atoms with van der Waals surface area (Å²) in [7, 11) is 0. The quantitative estimate of drug-likeness (QED) is 0.698. The maximum Gasteiger partial charge on any atom is 0.176 e. The van der Waals surface area contributed by atoms with E-state index in [2.05, 4.69) is 17.4 Å². The predicted octanol–water partition coefficient (Wildman–Crippen LogP) is 5.10.